The zero-order chi connectivity index (χ0) is 22.3. The Morgan fingerprint density at radius 3 is 2.40 bits per heavy atom. The topological polar surface area (TPSA) is 79.5 Å². The molecule has 0 bridgehead atoms. The van der Waals surface area contributed by atoms with Crippen LogP contribution in [0.25, 0.3) is 6.08 Å². The number of benzene rings is 2. The highest BCUT2D eigenvalue weighted by Gasteiger charge is 2.09. The molecule has 0 aliphatic rings. The Labute approximate surface area is 197 Å². The van der Waals surface area contributed by atoms with E-state index in [0.29, 0.717) is 17.1 Å². The number of rotatable bonds is 6. The van der Waals surface area contributed by atoms with E-state index in [2.05, 4.69) is 47.8 Å². The lowest BCUT2D eigenvalue weighted by Crippen LogP contribution is -2.32. The Kier molecular flexibility index (Phi) is 9.01. The van der Waals surface area contributed by atoms with Crippen LogP contribution in [-0.2, 0) is 9.59 Å². The van der Waals surface area contributed by atoms with E-state index in [4.69, 9.17) is 17.0 Å². The molecule has 0 aromatic heterocycles. The second kappa shape index (κ2) is 11.2. The highest BCUT2D eigenvalue weighted by atomic mass is 79.9. The van der Waals surface area contributed by atoms with Crippen molar-refractivity contribution in [2.45, 2.75) is 13.8 Å². The predicted octanol–water partition coefficient (Wildman–Crippen LogP) is 5.34. The monoisotopic (exact) mass is 553 g/mol. The molecule has 6 nitrogen and oxygen atoms in total. The first kappa shape index (κ1) is 24.0. The first-order valence-corrected chi connectivity index (χ1v) is 10.9. The van der Waals surface area contributed by atoms with Crippen molar-refractivity contribution in [3.8, 4) is 5.75 Å². The van der Waals surface area contributed by atoms with Gasteiger partial charge in [-0.05, 0) is 64.6 Å². The maximum Gasteiger partial charge on any atom is 0.250 e. The van der Waals surface area contributed by atoms with Gasteiger partial charge in [0.25, 0.3) is 0 Å². The molecule has 2 rings (SSSR count). The maximum atomic E-state index is 12.2. The molecule has 0 aliphatic carbocycles. The number of ether oxygens (including phenoxy) is 1. The number of carbonyl (C=O) groups excluding carboxylic acids is 2. The van der Waals surface area contributed by atoms with Crippen LogP contribution in [-0.4, -0.2) is 24.0 Å². The third-order valence-corrected chi connectivity index (χ3v) is 5.06. The van der Waals surface area contributed by atoms with Crippen LogP contribution in [0.1, 0.15) is 19.4 Å². The number of methoxy groups -OCH3 is 1. The van der Waals surface area contributed by atoms with E-state index in [1.807, 2.05) is 26.0 Å². The molecule has 0 heterocycles. The van der Waals surface area contributed by atoms with Gasteiger partial charge in [0.2, 0.25) is 11.8 Å². The summed E-state index contributed by atoms with van der Waals surface area (Å²) in [5, 5.41) is 8.47. The number of halogens is 2. The van der Waals surface area contributed by atoms with Crippen molar-refractivity contribution >= 4 is 78.5 Å². The molecule has 0 radical (unpaired) electrons. The summed E-state index contributed by atoms with van der Waals surface area (Å²) in [6, 6.07) is 10.8. The number of amides is 2. The largest absolute Gasteiger partial charge is 0.495 e. The Hall–Kier alpha value is -2.23. The highest BCUT2D eigenvalue weighted by Crippen LogP contribution is 2.33. The van der Waals surface area contributed by atoms with Gasteiger partial charge in [0.15, 0.2) is 5.11 Å². The Balaban J connectivity index is 2.00. The van der Waals surface area contributed by atoms with Crippen LogP contribution >= 0.6 is 44.1 Å². The molecular formula is C21H21Br2N3O3S. The van der Waals surface area contributed by atoms with E-state index in [0.717, 1.165) is 14.5 Å². The van der Waals surface area contributed by atoms with Crippen molar-refractivity contribution in [1.82, 2.24) is 5.32 Å². The van der Waals surface area contributed by atoms with Crippen molar-refractivity contribution in [2.24, 2.45) is 5.92 Å². The van der Waals surface area contributed by atoms with Crippen LogP contribution in [0.3, 0.4) is 0 Å². The summed E-state index contributed by atoms with van der Waals surface area (Å²) in [4.78, 5) is 24.1. The van der Waals surface area contributed by atoms with Gasteiger partial charge in [0, 0.05) is 33.4 Å². The van der Waals surface area contributed by atoms with E-state index in [9.17, 15) is 9.59 Å². The molecule has 158 valence electrons. The van der Waals surface area contributed by atoms with E-state index in [1.54, 1.807) is 37.5 Å². The summed E-state index contributed by atoms with van der Waals surface area (Å²) in [7, 11) is 1.56. The predicted molar refractivity (Wildman–Crippen MR) is 132 cm³/mol. The lowest BCUT2D eigenvalue weighted by molar-refractivity contribution is -0.119. The van der Waals surface area contributed by atoms with Crippen LogP contribution in [0.2, 0.25) is 0 Å². The fraction of sp³-hybridized carbons (Fsp3) is 0.190. The molecule has 2 amide bonds. The Bertz CT molecular complexity index is 993. The number of carbonyl (C=O) groups is 2. The summed E-state index contributed by atoms with van der Waals surface area (Å²) >= 11 is 12.0. The fourth-order valence-corrected chi connectivity index (χ4v) is 4.00. The minimum Gasteiger partial charge on any atom is -0.495 e. The van der Waals surface area contributed by atoms with E-state index in [-0.39, 0.29) is 16.9 Å². The lowest BCUT2D eigenvalue weighted by Gasteiger charge is -2.11. The Morgan fingerprint density at radius 2 is 1.77 bits per heavy atom. The molecule has 0 spiro atoms. The summed E-state index contributed by atoms with van der Waals surface area (Å²) in [5.41, 5.74) is 2.00. The minimum atomic E-state index is -0.394. The third kappa shape index (κ3) is 7.23. The molecule has 30 heavy (non-hydrogen) atoms. The quantitative estimate of drug-likeness (QED) is 0.332. The number of thiocarbonyl (C=S) groups is 1. The van der Waals surface area contributed by atoms with Crippen LogP contribution < -0.4 is 20.7 Å². The summed E-state index contributed by atoms with van der Waals surface area (Å²) in [6.45, 7) is 3.63. The summed E-state index contributed by atoms with van der Waals surface area (Å²) < 4.78 is 6.97. The number of nitrogens with one attached hydrogen (secondary N) is 3. The molecule has 0 unspecified atom stereocenters. The molecule has 9 heteroatoms. The van der Waals surface area contributed by atoms with Gasteiger partial charge in [-0.2, -0.15) is 0 Å². The lowest BCUT2D eigenvalue weighted by atomic mass is 10.2. The van der Waals surface area contributed by atoms with Gasteiger partial charge in [0.1, 0.15) is 5.75 Å². The van der Waals surface area contributed by atoms with Crippen LogP contribution in [0.5, 0.6) is 5.75 Å². The maximum absolute atomic E-state index is 12.2. The minimum absolute atomic E-state index is 0.0808. The molecule has 0 fully saturated rings. The van der Waals surface area contributed by atoms with Crippen molar-refractivity contribution in [3.63, 3.8) is 0 Å². The normalized spacial score (nSPS) is 10.7. The van der Waals surface area contributed by atoms with Gasteiger partial charge in [-0.15, -0.1) is 0 Å². The van der Waals surface area contributed by atoms with Crippen molar-refractivity contribution in [3.05, 3.63) is 57.0 Å². The zero-order valence-electron chi connectivity index (χ0n) is 16.6. The second-order valence-electron chi connectivity index (χ2n) is 6.51. The first-order valence-electron chi connectivity index (χ1n) is 8.93. The molecular weight excluding hydrogens is 534 g/mol. The smallest absolute Gasteiger partial charge is 0.250 e. The fourth-order valence-electron chi connectivity index (χ4n) is 2.36. The standard InChI is InChI=1S/C21H21Br2N3O3S/c1-12(2)20(28)24-15-5-4-6-16(11-15)25-21(30)26-18(27)8-7-13-9-14(22)10-17(23)19(13)29-3/h4-12H,1-3H3,(H,24,28)(H2,25,26,27,30)/b8-7+. The van der Waals surface area contributed by atoms with E-state index >= 15 is 0 Å². The highest BCUT2D eigenvalue weighted by molar-refractivity contribution is 9.11. The van der Waals surface area contributed by atoms with Gasteiger partial charge in [0.05, 0.1) is 11.6 Å². The van der Waals surface area contributed by atoms with Gasteiger partial charge in [-0.1, -0.05) is 35.8 Å². The first-order chi connectivity index (χ1) is 14.2. The zero-order valence-corrected chi connectivity index (χ0v) is 20.6. The van der Waals surface area contributed by atoms with Gasteiger partial charge < -0.3 is 15.4 Å². The van der Waals surface area contributed by atoms with Gasteiger partial charge in [-0.25, -0.2) is 0 Å². The molecule has 0 atom stereocenters. The average Bonchev–Trinajstić information content (AvgIpc) is 2.66. The van der Waals surface area contributed by atoms with Crippen LogP contribution in [0.15, 0.2) is 51.4 Å². The summed E-state index contributed by atoms with van der Waals surface area (Å²) in [5.74, 6) is 0.0131. The molecule has 0 aliphatic heterocycles. The molecule has 0 saturated heterocycles. The van der Waals surface area contributed by atoms with Gasteiger partial charge in [-0.3, -0.25) is 14.9 Å². The number of hydrogen-bond donors (Lipinski definition) is 3. The van der Waals surface area contributed by atoms with Gasteiger partial charge >= 0.3 is 0 Å². The molecule has 0 saturated carbocycles. The van der Waals surface area contributed by atoms with Crippen molar-refractivity contribution in [2.75, 3.05) is 17.7 Å². The number of anilines is 2. The van der Waals surface area contributed by atoms with Crippen molar-refractivity contribution < 1.29 is 14.3 Å². The number of hydrogen-bond acceptors (Lipinski definition) is 4. The van der Waals surface area contributed by atoms with Crippen LogP contribution in [0, 0.1) is 5.92 Å². The summed E-state index contributed by atoms with van der Waals surface area (Å²) in [6.07, 6.45) is 3.00. The Morgan fingerprint density at radius 1 is 1.10 bits per heavy atom. The van der Waals surface area contributed by atoms with Crippen LogP contribution in [0.4, 0.5) is 11.4 Å². The second-order valence-corrected chi connectivity index (χ2v) is 8.69. The SMILES string of the molecule is COc1c(Br)cc(Br)cc1/C=C/C(=O)NC(=S)Nc1cccc(NC(=O)C(C)C)c1. The van der Waals surface area contributed by atoms with E-state index in [1.165, 1.54) is 6.08 Å². The average molecular weight is 555 g/mol. The van der Waals surface area contributed by atoms with E-state index < -0.39 is 5.91 Å². The molecule has 2 aromatic carbocycles. The molecule has 3 N–H and O–H groups in total. The third-order valence-electron chi connectivity index (χ3n) is 3.80. The van der Waals surface area contributed by atoms with Crippen molar-refractivity contribution in [1.29, 1.82) is 0 Å². The molecule has 2 aromatic rings.